The van der Waals surface area contributed by atoms with Crippen LogP contribution in [0.4, 0.5) is 0 Å². The molecule has 0 heterocycles. The van der Waals surface area contributed by atoms with Crippen molar-refractivity contribution in [3.8, 4) is 0 Å². The molecule has 2 heteroatoms. The minimum absolute atomic E-state index is 0.227. The molecule has 0 bridgehead atoms. The van der Waals surface area contributed by atoms with Gasteiger partial charge in [0.1, 0.15) is 0 Å². The highest BCUT2D eigenvalue weighted by atomic mass is 28.3. The van der Waals surface area contributed by atoms with Crippen molar-refractivity contribution in [2.24, 2.45) is 0 Å². The molecule has 0 fully saturated rings. The SMILES string of the molecule is C=C[Si](C)(C)C[C@]12c3c4c5c6c7c8c(c9c%10c1c1c%11c3c3c%12c4c4c6c6c7c7c%13c8c9c8c9c%10c1c1c%10c%11c3c3c%11c%12c4c4c6c6c7c7c%13c8c8c9c1c1c%10c3c3c%11c4c6c4c7c8c1c34)[C@@]52C[Si](C)(C)C=C. The lowest BCUT2D eigenvalue weighted by atomic mass is 9.51. The maximum Gasteiger partial charge on any atom is 0.0722 e. The summed E-state index contributed by atoms with van der Waals surface area (Å²) in [6.07, 6.45) is 0. The summed E-state index contributed by atoms with van der Waals surface area (Å²) in [5, 5.41) is 90.9. The van der Waals surface area contributed by atoms with Crippen LogP contribution < -0.4 is 0 Å². The van der Waals surface area contributed by atoms with E-state index >= 15 is 0 Å². The highest BCUT2D eigenvalue weighted by molar-refractivity contribution is 6.86. The van der Waals surface area contributed by atoms with Gasteiger partial charge in [0.25, 0.3) is 0 Å². The van der Waals surface area contributed by atoms with Gasteiger partial charge in [-0.05, 0) is 325 Å². The monoisotopic (exact) mass is 918 g/mol. The van der Waals surface area contributed by atoms with Crippen molar-refractivity contribution in [1.82, 2.24) is 0 Å². The van der Waals surface area contributed by atoms with Gasteiger partial charge in [0, 0.05) is 10.8 Å². The fraction of sp³-hybridized carbons (Fsp3) is 0.114. The Morgan fingerprint density at radius 2 is 0.319 bits per heavy atom. The van der Waals surface area contributed by atoms with Crippen LogP contribution in [-0.4, -0.2) is 16.1 Å². The molecule has 0 aromatic heterocycles. The van der Waals surface area contributed by atoms with Gasteiger partial charge in [-0.3, -0.25) is 0 Å². The lowest BCUT2D eigenvalue weighted by Gasteiger charge is -2.56. The van der Waals surface area contributed by atoms with Crippen LogP contribution in [0.15, 0.2) is 24.6 Å². The average Bonchev–Trinajstić information content (AvgIpc) is 4.37. The predicted octanol–water partition coefficient (Wildman–Crippen LogP) is 20.2. The second-order valence-corrected chi connectivity index (χ2v) is 37.8. The molecule has 0 nitrogen and oxygen atoms in total. The number of benzene rings is 17. The minimum Gasteiger partial charge on any atom is -0.107 e. The van der Waals surface area contributed by atoms with Crippen LogP contribution >= 0.6 is 0 Å². The van der Waals surface area contributed by atoms with Crippen LogP contribution in [0.1, 0.15) is 22.3 Å². The maximum atomic E-state index is 4.86. The summed E-state index contributed by atoms with van der Waals surface area (Å²) in [5.74, 6) is 0. The Bertz CT molecular complexity index is 6990. The van der Waals surface area contributed by atoms with E-state index in [4.69, 9.17) is 13.2 Å². The predicted molar refractivity (Wildman–Crippen MR) is 319 cm³/mol. The Morgan fingerprint density at radius 1 is 0.208 bits per heavy atom. The molecule has 0 amide bonds. The minimum atomic E-state index is -2.14. The molecule has 4 aliphatic carbocycles. The molecular formula is C70H22Si2. The van der Waals surface area contributed by atoms with Crippen molar-refractivity contribution < 1.29 is 0 Å². The molecule has 32 rings (SSSR count). The summed E-state index contributed by atoms with van der Waals surface area (Å²) in [6, 6.07) is 2.42. The first kappa shape index (κ1) is 29.0. The highest BCUT2D eigenvalue weighted by Crippen LogP contribution is 2.86. The molecule has 310 valence electrons. The van der Waals surface area contributed by atoms with Gasteiger partial charge in [-0.1, -0.05) is 26.2 Å². The molecule has 72 heavy (non-hydrogen) atoms. The zero-order valence-corrected chi connectivity index (χ0v) is 41.0. The zero-order chi connectivity index (χ0) is 44.3. The highest BCUT2D eigenvalue weighted by Gasteiger charge is 2.71. The molecule has 0 saturated heterocycles. The fourth-order valence-corrected chi connectivity index (χ4v) is 30.1. The van der Waals surface area contributed by atoms with Crippen LogP contribution in [-0.2, 0) is 10.8 Å². The summed E-state index contributed by atoms with van der Waals surface area (Å²) < 4.78 is 0. The second kappa shape index (κ2) is 6.53. The van der Waals surface area contributed by atoms with Crippen LogP contribution in [0.25, 0.3) is 291 Å². The molecule has 0 N–H and O–H groups in total. The molecule has 28 aromatic rings. The van der Waals surface area contributed by atoms with E-state index in [1.54, 1.807) is 291 Å². The largest absolute Gasteiger partial charge is 0.107 e. The quantitative estimate of drug-likeness (QED) is 0.115. The van der Waals surface area contributed by atoms with Crippen molar-refractivity contribution in [3.05, 3.63) is 46.8 Å². The summed E-state index contributed by atoms with van der Waals surface area (Å²) in [6.45, 7) is 20.6. The van der Waals surface area contributed by atoms with E-state index in [-0.39, 0.29) is 10.8 Å². The smallest absolute Gasteiger partial charge is 0.0722 e. The third kappa shape index (κ3) is 1.60. The van der Waals surface area contributed by atoms with Crippen molar-refractivity contribution >= 4 is 307 Å². The second-order valence-electron chi connectivity index (χ2n) is 28.3. The van der Waals surface area contributed by atoms with Crippen molar-refractivity contribution in [2.75, 3.05) is 0 Å². The molecule has 0 saturated carbocycles. The third-order valence-corrected chi connectivity index (χ3v) is 31.3. The van der Waals surface area contributed by atoms with E-state index in [0.29, 0.717) is 0 Å². The number of hydrogen-bond acceptors (Lipinski definition) is 0. The van der Waals surface area contributed by atoms with Crippen LogP contribution in [0.2, 0.25) is 38.3 Å². The first-order valence-corrected chi connectivity index (χ1v) is 33.9. The lowest BCUT2D eigenvalue weighted by molar-refractivity contribution is 0.384. The fourth-order valence-electron chi connectivity index (χ4n) is 25.7. The zero-order valence-electron chi connectivity index (χ0n) is 39.0. The molecule has 0 spiro atoms. The van der Waals surface area contributed by atoms with E-state index in [9.17, 15) is 0 Å². The van der Waals surface area contributed by atoms with Gasteiger partial charge in [0.15, 0.2) is 0 Å². The van der Waals surface area contributed by atoms with E-state index in [0.717, 1.165) is 0 Å². The summed E-state index contributed by atoms with van der Waals surface area (Å²) in [4.78, 5) is 0. The topological polar surface area (TPSA) is 0 Å². The number of hydrogen-bond donors (Lipinski definition) is 0. The van der Waals surface area contributed by atoms with Crippen molar-refractivity contribution in [2.45, 2.75) is 49.1 Å². The van der Waals surface area contributed by atoms with Crippen LogP contribution in [0, 0.1) is 0 Å². The van der Waals surface area contributed by atoms with E-state index in [1.165, 1.54) is 12.1 Å². The van der Waals surface area contributed by atoms with Crippen LogP contribution in [0.5, 0.6) is 0 Å². The Morgan fingerprint density at radius 3 is 0.486 bits per heavy atom. The molecule has 4 aliphatic rings. The van der Waals surface area contributed by atoms with E-state index < -0.39 is 16.1 Å². The van der Waals surface area contributed by atoms with Gasteiger partial charge in [-0.15, -0.1) is 24.6 Å². The van der Waals surface area contributed by atoms with E-state index in [2.05, 4.69) is 37.6 Å². The average molecular weight is 919 g/mol. The van der Waals surface area contributed by atoms with Gasteiger partial charge in [0.05, 0.1) is 16.1 Å². The maximum absolute atomic E-state index is 4.86. The standard InChI is InChI=1S/C70H22Si2/c1-7-71(3,4)9-69-65-58-51-39-31-22-13-11-12-14-17(13)26-33(31)41-42-34(26)32-23(14)25-21-16(12)19-18-15(11)20-24(22)37(39)45-43-29(20)27(18)35-36-28(19)30(21)44-46-38(25)40(32)52-54(42)63(62(65)53(41)51)66-59(52)57(46)61-50(44)48(36)55-47(35)49(43)60(56(45)58)67(69)64(55)68(61)70(66,69)10-72(5,6)8-2/h7-8H,1-2,9-10H2,3-6H3/t69-,70+. The molecular weight excluding hydrogens is 897 g/mol. The summed E-state index contributed by atoms with van der Waals surface area (Å²) in [7, 11) is -4.27. The lowest BCUT2D eigenvalue weighted by Crippen LogP contribution is -2.56. The normalized spacial score (nSPS) is 21.9. The Hall–Kier alpha value is -7.63. The molecule has 0 radical (unpaired) electrons. The summed E-state index contributed by atoms with van der Waals surface area (Å²) >= 11 is 0. The Balaban J connectivity index is 1.20. The van der Waals surface area contributed by atoms with Gasteiger partial charge >= 0.3 is 0 Å². The van der Waals surface area contributed by atoms with Gasteiger partial charge in [-0.2, -0.15) is 0 Å². The first-order chi connectivity index (χ1) is 35.3. The van der Waals surface area contributed by atoms with Crippen LogP contribution in [0.3, 0.4) is 0 Å². The summed E-state index contributed by atoms with van der Waals surface area (Å²) in [5.41, 5.74) is 11.9. The Labute approximate surface area is 400 Å². The molecule has 0 unspecified atom stereocenters. The van der Waals surface area contributed by atoms with Crippen molar-refractivity contribution in [1.29, 1.82) is 0 Å². The molecule has 2 atom stereocenters. The molecule has 0 aliphatic heterocycles. The van der Waals surface area contributed by atoms with Gasteiger partial charge < -0.3 is 0 Å². The first-order valence-electron chi connectivity index (χ1n) is 27.3. The van der Waals surface area contributed by atoms with E-state index in [1.807, 2.05) is 22.3 Å². The third-order valence-electron chi connectivity index (χ3n) is 26.2. The Kier molecular flexibility index (Phi) is 2.63. The van der Waals surface area contributed by atoms with Crippen molar-refractivity contribution in [3.63, 3.8) is 0 Å². The van der Waals surface area contributed by atoms with Gasteiger partial charge in [0.2, 0.25) is 0 Å². The molecule has 28 aromatic carbocycles. The van der Waals surface area contributed by atoms with Gasteiger partial charge in [-0.25, -0.2) is 0 Å². The number of rotatable bonds is 6.